The van der Waals surface area contributed by atoms with Gasteiger partial charge in [0, 0.05) is 37.0 Å². The molecule has 1 aliphatic heterocycles. The number of hydrogen-bond donors (Lipinski definition) is 0. The largest absolute Gasteiger partial charge is 0.465 e. The van der Waals surface area contributed by atoms with E-state index in [1.165, 1.54) is 23.9 Å². The smallest absolute Gasteiger partial charge is 0.319 e. The third-order valence-electron chi connectivity index (χ3n) is 4.26. The number of halogens is 1. The van der Waals surface area contributed by atoms with Crippen molar-refractivity contribution < 1.29 is 13.9 Å². The molecule has 0 saturated carbocycles. The number of esters is 1. The van der Waals surface area contributed by atoms with Crippen molar-refractivity contribution in [1.82, 2.24) is 14.5 Å². The Morgan fingerprint density at radius 3 is 2.54 bits per heavy atom. The Kier molecular flexibility index (Phi) is 4.46. The number of hydrogen-bond acceptors (Lipinski definition) is 5. The van der Waals surface area contributed by atoms with Crippen LogP contribution in [0, 0.1) is 5.82 Å². The highest BCUT2D eigenvalue weighted by molar-refractivity contribution is 8.00. The molecular weight excluding hydrogens is 353 g/mol. The number of benzene rings is 1. The second-order valence-electron chi connectivity index (χ2n) is 5.96. The maximum absolute atomic E-state index is 13.3. The summed E-state index contributed by atoms with van der Waals surface area (Å²) in [5.41, 5.74) is 3.41. The standard InChI is InChI=1S/C19H16FN3O2S/c1-23-17(13-6-9-21-10-7-13)16(12-2-4-14(20)5-3-12)22-19(23)26-15-8-11-25-18(15)24/h2-7,9-10,15H,8,11H2,1H3. The van der Waals surface area contributed by atoms with Gasteiger partial charge in [-0.25, -0.2) is 9.37 Å². The zero-order valence-electron chi connectivity index (χ0n) is 14.1. The molecule has 5 nitrogen and oxygen atoms in total. The van der Waals surface area contributed by atoms with Crippen molar-refractivity contribution in [3.8, 4) is 22.5 Å². The Bertz CT molecular complexity index is 941. The number of cyclic esters (lactones) is 1. The van der Waals surface area contributed by atoms with E-state index in [0.29, 0.717) is 13.0 Å². The van der Waals surface area contributed by atoms with Gasteiger partial charge < -0.3 is 9.30 Å². The van der Waals surface area contributed by atoms with Gasteiger partial charge >= 0.3 is 5.97 Å². The Hall–Kier alpha value is -2.67. The molecule has 2 aromatic heterocycles. The predicted molar refractivity (Wildman–Crippen MR) is 97.1 cm³/mol. The molecule has 0 aliphatic carbocycles. The second kappa shape index (κ2) is 6.92. The van der Waals surface area contributed by atoms with Gasteiger partial charge in [-0.05, 0) is 36.4 Å². The Labute approximate surface area is 154 Å². The zero-order chi connectivity index (χ0) is 18.1. The maximum atomic E-state index is 13.3. The molecule has 1 saturated heterocycles. The van der Waals surface area contributed by atoms with Crippen LogP contribution in [0.1, 0.15) is 6.42 Å². The third-order valence-corrected chi connectivity index (χ3v) is 5.55. The number of ether oxygens (including phenoxy) is 1. The van der Waals surface area contributed by atoms with Crippen LogP contribution >= 0.6 is 11.8 Å². The van der Waals surface area contributed by atoms with Gasteiger partial charge in [0.25, 0.3) is 0 Å². The van der Waals surface area contributed by atoms with Crippen molar-refractivity contribution in [2.24, 2.45) is 7.05 Å². The molecule has 1 fully saturated rings. The van der Waals surface area contributed by atoms with Gasteiger partial charge in [0.2, 0.25) is 0 Å². The topological polar surface area (TPSA) is 57.0 Å². The minimum Gasteiger partial charge on any atom is -0.465 e. The monoisotopic (exact) mass is 369 g/mol. The van der Waals surface area contributed by atoms with E-state index in [-0.39, 0.29) is 17.0 Å². The first-order valence-corrected chi connectivity index (χ1v) is 9.08. The normalized spacial score (nSPS) is 16.7. The summed E-state index contributed by atoms with van der Waals surface area (Å²) in [6.07, 6.45) is 4.11. The van der Waals surface area contributed by atoms with Crippen LogP contribution in [0.4, 0.5) is 4.39 Å². The van der Waals surface area contributed by atoms with Crippen LogP contribution in [0.3, 0.4) is 0 Å². The predicted octanol–water partition coefficient (Wildman–Crippen LogP) is 3.70. The Morgan fingerprint density at radius 1 is 1.15 bits per heavy atom. The second-order valence-corrected chi connectivity index (χ2v) is 7.13. The average molecular weight is 369 g/mol. The minimum absolute atomic E-state index is 0.202. The number of pyridine rings is 1. The van der Waals surface area contributed by atoms with Gasteiger partial charge in [-0.2, -0.15) is 0 Å². The van der Waals surface area contributed by atoms with E-state index in [9.17, 15) is 9.18 Å². The van der Waals surface area contributed by atoms with Crippen LogP contribution in [0.15, 0.2) is 53.9 Å². The summed E-state index contributed by atoms with van der Waals surface area (Å²) in [4.78, 5) is 20.7. The lowest BCUT2D eigenvalue weighted by Crippen LogP contribution is -2.10. The van der Waals surface area contributed by atoms with Crippen molar-refractivity contribution in [2.45, 2.75) is 16.8 Å². The van der Waals surface area contributed by atoms with E-state index < -0.39 is 0 Å². The van der Waals surface area contributed by atoms with Gasteiger partial charge in [0.15, 0.2) is 5.16 Å². The van der Waals surface area contributed by atoms with E-state index in [0.717, 1.165) is 27.7 Å². The molecule has 1 aromatic carbocycles. The fourth-order valence-corrected chi connectivity index (χ4v) is 3.97. The molecule has 0 bridgehead atoms. The molecule has 3 aromatic rings. The van der Waals surface area contributed by atoms with Crippen LogP contribution in [-0.2, 0) is 16.6 Å². The van der Waals surface area contributed by atoms with Crippen LogP contribution < -0.4 is 0 Å². The van der Waals surface area contributed by atoms with Crippen molar-refractivity contribution in [3.63, 3.8) is 0 Å². The minimum atomic E-state index is -0.293. The summed E-state index contributed by atoms with van der Waals surface area (Å²) >= 11 is 1.40. The molecule has 0 radical (unpaired) electrons. The fourth-order valence-electron chi connectivity index (χ4n) is 2.94. The highest BCUT2D eigenvalue weighted by Gasteiger charge is 2.30. The summed E-state index contributed by atoms with van der Waals surface area (Å²) in [6, 6.07) is 10.1. The van der Waals surface area contributed by atoms with Crippen LogP contribution in [-0.4, -0.2) is 32.4 Å². The molecule has 3 heterocycles. The van der Waals surface area contributed by atoms with E-state index >= 15 is 0 Å². The van der Waals surface area contributed by atoms with Gasteiger partial charge in [-0.15, -0.1) is 0 Å². The number of nitrogens with zero attached hydrogens (tertiary/aromatic N) is 3. The quantitative estimate of drug-likeness (QED) is 0.657. The SMILES string of the molecule is Cn1c(SC2CCOC2=O)nc(-c2ccc(F)cc2)c1-c1ccncc1. The lowest BCUT2D eigenvalue weighted by atomic mass is 10.1. The van der Waals surface area contributed by atoms with Crippen molar-refractivity contribution in [1.29, 1.82) is 0 Å². The molecule has 0 N–H and O–H groups in total. The van der Waals surface area contributed by atoms with E-state index in [2.05, 4.69) is 4.98 Å². The third kappa shape index (κ3) is 3.10. The van der Waals surface area contributed by atoms with E-state index in [4.69, 9.17) is 9.72 Å². The van der Waals surface area contributed by atoms with Crippen LogP contribution in [0.5, 0.6) is 0 Å². The first-order valence-electron chi connectivity index (χ1n) is 8.20. The first kappa shape index (κ1) is 16.8. The number of carbonyl (C=O) groups is 1. The molecule has 0 spiro atoms. The first-order chi connectivity index (χ1) is 12.6. The van der Waals surface area contributed by atoms with Gasteiger partial charge in [0.1, 0.15) is 11.1 Å². The molecule has 1 unspecified atom stereocenters. The van der Waals surface area contributed by atoms with Crippen molar-refractivity contribution >= 4 is 17.7 Å². The Morgan fingerprint density at radius 2 is 1.88 bits per heavy atom. The van der Waals surface area contributed by atoms with Gasteiger partial charge in [0.05, 0.1) is 18.0 Å². The number of aromatic nitrogens is 3. The van der Waals surface area contributed by atoms with Crippen LogP contribution in [0.25, 0.3) is 22.5 Å². The van der Waals surface area contributed by atoms with Crippen molar-refractivity contribution in [2.75, 3.05) is 6.61 Å². The summed E-state index contributed by atoms with van der Waals surface area (Å²) in [5.74, 6) is -0.495. The summed E-state index contributed by atoms with van der Waals surface area (Å²) in [7, 11) is 1.92. The molecule has 1 aliphatic rings. The molecule has 26 heavy (non-hydrogen) atoms. The molecule has 7 heteroatoms. The molecule has 0 amide bonds. The maximum Gasteiger partial charge on any atom is 0.319 e. The lowest BCUT2D eigenvalue weighted by Gasteiger charge is -2.08. The van der Waals surface area contributed by atoms with E-state index in [1.807, 2.05) is 23.7 Å². The van der Waals surface area contributed by atoms with Crippen LogP contribution in [0.2, 0.25) is 0 Å². The summed E-state index contributed by atoms with van der Waals surface area (Å²) in [6.45, 7) is 0.447. The highest BCUT2D eigenvalue weighted by Crippen LogP contribution is 2.37. The Balaban J connectivity index is 1.82. The van der Waals surface area contributed by atoms with Crippen molar-refractivity contribution in [3.05, 3.63) is 54.6 Å². The molecule has 4 rings (SSSR count). The molecular formula is C19H16FN3O2S. The lowest BCUT2D eigenvalue weighted by molar-refractivity contribution is -0.137. The number of thioether (sulfide) groups is 1. The van der Waals surface area contributed by atoms with E-state index in [1.54, 1.807) is 24.5 Å². The number of rotatable bonds is 4. The number of imidazole rings is 1. The highest BCUT2D eigenvalue weighted by atomic mass is 32.2. The number of carbonyl (C=O) groups excluding carboxylic acids is 1. The fraction of sp³-hybridized carbons (Fsp3) is 0.211. The zero-order valence-corrected chi connectivity index (χ0v) is 14.9. The molecule has 1 atom stereocenters. The summed E-state index contributed by atoms with van der Waals surface area (Å²) in [5, 5.41) is 0.474. The average Bonchev–Trinajstić information content (AvgIpc) is 3.20. The van der Waals surface area contributed by atoms with Gasteiger partial charge in [-0.1, -0.05) is 11.8 Å². The summed E-state index contributed by atoms with van der Waals surface area (Å²) < 4.78 is 20.3. The van der Waals surface area contributed by atoms with Gasteiger partial charge in [-0.3, -0.25) is 9.78 Å². The molecule has 132 valence electrons.